The molecule has 0 bridgehead atoms. The van der Waals surface area contributed by atoms with E-state index in [1.807, 2.05) is 13.0 Å². The molecule has 11 nitrogen and oxygen atoms in total. The first-order chi connectivity index (χ1) is 21.6. The van der Waals surface area contributed by atoms with Crippen LogP contribution in [-0.4, -0.2) is 123 Å². The quantitative estimate of drug-likeness (QED) is 0.384. The Balaban J connectivity index is 1.42. The van der Waals surface area contributed by atoms with E-state index in [4.69, 9.17) is 14.2 Å². The fourth-order valence-electron chi connectivity index (χ4n) is 6.49. The van der Waals surface area contributed by atoms with Gasteiger partial charge in [-0.3, -0.25) is 19.4 Å². The number of ether oxygens (including phenoxy) is 3. The van der Waals surface area contributed by atoms with Crippen LogP contribution in [0.5, 0.6) is 5.88 Å². The van der Waals surface area contributed by atoms with Crippen LogP contribution >= 0.6 is 0 Å². The molecule has 2 saturated heterocycles. The molecule has 12 heteroatoms. The van der Waals surface area contributed by atoms with Crippen LogP contribution in [-0.2, 0) is 20.7 Å². The molecule has 2 N–H and O–H groups in total. The highest BCUT2D eigenvalue weighted by Crippen LogP contribution is 2.35. The topological polar surface area (TPSA) is 108 Å². The number of hydrogen-bond donors (Lipinski definition) is 2. The summed E-state index contributed by atoms with van der Waals surface area (Å²) in [6.45, 7) is 13.5. The van der Waals surface area contributed by atoms with Crippen molar-refractivity contribution in [2.45, 2.75) is 64.3 Å². The van der Waals surface area contributed by atoms with Crippen molar-refractivity contribution in [2.24, 2.45) is 0 Å². The van der Waals surface area contributed by atoms with Crippen molar-refractivity contribution in [1.29, 1.82) is 0 Å². The number of hydrogen-bond acceptors (Lipinski definition) is 9. The number of anilines is 1. The number of rotatable bonds is 10. The van der Waals surface area contributed by atoms with Gasteiger partial charge in [0.15, 0.2) is 0 Å². The third kappa shape index (κ3) is 7.98. The maximum atomic E-state index is 14.2. The molecule has 2 amide bonds. The highest BCUT2D eigenvalue weighted by atomic mass is 19.1. The van der Waals surface area contributed by atoms with Crippen LogP contribution in [0.4, 0.5) is 10.1 Å². The van der Waals surface area contributed by atoms with Crippen LogP contribution in [0, 0.1) is 5.82 Å². The second-order valence-corrected chi connectivity index (χ2v) is 12.6. The van der Waals surface area contributed by atoms with Gasteiger partial charge in [-0.15, -0.1) is 0 Å². The van der Waals surface area contributed by atoms with Crippen molar-refractivity contribution in [3.05, 3.63) is 53.0 Å². The number of morpholine rings is 1. The zero-order chi connectivity index (χ0) is 32.1. The lowest BCUT2D eigenvalue weighted by Crippen LogP contribution is -2.63. The van der Waals surface area contributed by atoms with Crippen molar-refractivity contribution in [3.63, 3.8) is 0 Å². The van der Waals surface area contributed by atoms with Crippen LogP contribution in [0.1, 0.15) is 49.3 Å². The molecule has 246 valence electrons. The highest BCUT2D eigenvalue weighted by molar-refractivity contribution is 5.99. The summed E-state index contributed by atoms with van der Waals surface area (Å²) in [4.78, 5) is 38.7. The van der Waals surface area contributed by atoms with E-state index in [0.717, 1.165) is 25.2 Å². The number of nitrogens with zero attached hydrogens (tertiary/aromatic N) is 4. The number of carbonyl (C=O) groups excluding carboxylic acids is 2. The molecule has 0 unspecified atom stereocenters. The molecule has 3 aliphatic heterocycles. The minimum Gasteiger partial charge on any atom is -0.474 e. The van der Waals surface area contributed by atoms with Gasteiger partial charge in [-0.2, -0.15) is 0 Å². The lowest BCUT2D eigenvalue weighted by molar-refractivity contribution is -0.122. The minimum absolute atomic E-state index is 0.0407. The van der Waals surface area contributed by atoms with E-state index in [1.54, 1.807) is 24.1 Å². The minimum atomic E-state index is -0.365. The Morgan fingerprint density at radius 2 is 1.82 bits per heavy atom. The largest absolute Gasteiger partial charge is 0.474 e. The molecule has 0 radical (unpaired) electrons. The average molecular weight is 627 g/mol. The second-order valence-electron chi connectivity index (χ2n) is 12.6. The maximum absolute atomic E-state index is 14.2. The Morgan fingerprint density at radius 3 is 2.53 bits per heavy atom. The molecule has 0 spiro atoms. The summed E-state index contributed by atoms with van der Waals surface area (Å²) in [5.41, 5.74) is 2.19. The molecule has 4 heterocycles. The zero-order valence-electron chi connectivity index (χ0n) is 27.1. The van der Waals surface area contributed by atoms with E-state index >= 15 is 0 Å². The normalized spacial score (nSPS) is 25.8. The van der Waals surface area contributed by atoms with Gasteiger partial charge in [0.1, 0.15) is 23.8 Å². The average Bonchev–Trinajstić information content (AvgIpc) is 3.01. The number of carbonyl (C=O) groups is 2. The number of methoxy groups -OCH3 is 1. The maximum Gasteiger partial charge on any atom is 0.270 e. The van der Waals surface area contributed by atoms with Gasteiger partial charge in [0.05, 0.1) is 32.4 Å². The Labute approximate surface area is 265 Å². The molecule has 1 aromatic heterocycles. The van der Waals surface area contributed by atoms with E-state index in [9.17, 15) is 14.0 Å². The Bertz CT molecular complexity index is 1320. The van der Waals surface area contributed by atoms with Crippen molar-refractivity contribution in [1.82, 2.24) is 25.4 Å². The van der Waals surface area contributed by atoms with Gasteiger partial charge in [0, 0.05) is 57.5 Å². The number of nitrogens with one attached hydrogen (secondary N) is 2. The number of fused-ring (bicyclic) bond motifs is 1. The Hall–Kier alpha value is -3.16. The first kappa shape index (κ1) is 33.2. The van der Waals surface area contributed by atoms with Gasteiger partial charge in [0.25, 0.3) is 5.91 Å². The smallest absolute Gasteiger partial charge is 0.270 e. The van der Waals surface area contributed by atoms with Gasteiger partial charge in [-0.25, -0.2) is 9.37 Å². The number of pyridine rings is 1. The highest BCUT2D eigenvalue weighted by Gasteiger charge is 2.37. The summed E-state index contributed by atoms with van der Waals surface area (Å²) in [6, 6.07) is 8.79. The molecule has 0 saturated carbocycles. The predicted molar refractivity (Wildman–Crippen MR) is 169 cm³/mol. The monoisotopic (exact) mass is 626 g/mol. The number of amides is 2. The zero-order valence-corrected chi connectivity index (χ0v) is 27.1. The molecule has 5 atom stereocenters. The molecular formula is C33H47FN6O5. The van der Waals surface area contributed by atoms with Crippen molar-refractivity contribution < 1.29 is 28.2 Å². The van der Waals surface area contributed by atoms with Crippen LogP contribution in [0.3, 0.4) is 0 Å². The van der Waals surface area contributed by atoms with Crippen molar-refractivity contribution in [3.8, 4) is 5.88 Å². The fraction of sp³-hybridized carbons (Fsp3) is 0.606. The molecular weight excluding hydrogens is 579 g/mol. The standard InChI is InChI=1S/C33H47FN6O5/c1-21-15-38(28(14-36-21)16-39-22(2)18-44-19-23(39)3)17-30(41)40-24(4)20-45-33-29(40)13-26(12-25-6-8-27(34)9-7-25)31(37-33)32(42)35-10-11-43-5/h6-9,13,21-24,28,36H,10-12,14-20H2,1-5H3,(H,35,42)/t21-,22-,23-,24+,28-/m1/s1. The molecule has 0 aliphatic carbocycles. The Morgan fingerprint density at radius 1 is 1.09 bits per heavy atom. The van der Waals surface area contributed by atoms with E-state index in [2.05, 4.69) is 46.2 Å². The van der Waals surface area contributed by atoms with Gasteiger partial charge in [-0.1, -0.05) is 12.1 Å². The van der Waals surface area contributed by atoms with E-state index in [-0.39, 0.29) is 60.5 Å². The number of benzene rings is 1. The second kappa shape index (κ2) is 15.0. The van der Waals surface area contributed by atoms with Crippen LogP contribution in [0.25, 0.3) is 0 Å². The van der Waals surface area contributed by atoms with Gasteiger partial charge in [-0.05, 0) is 63.4 Å². The number of aromatic nitrogens is 1. The summed E-state index contributed by atoms with van der Waals surface area (Å²) in [5.74, 6) is -0.489. The molecule has 2 aromatic rings. The van der Waals surface area contributed by atoms with Gasteiger partial charge < -0.3 is 29.7 Å². The summed E-state index contributed by atoms with van der Waals surface area (Å²) in [7, 11) is 1.57. The fourth-order valence-corrected chi connectivity index (χ4v) is 6.49. The van der Waals surface area contributed by atoms with Crippen molar-refractivity contribution in [2.75, 3.05) is 71.2 Å². The predicted octanol–water partition coefficient (Wildman–Crippen LogP) is 2.07. The van der Waals surface area contributed by atoms with Crippen molar-refractivity contribution >= 4 is 17.5 Å². The van der Waals surface area contributed by atoms with Gasteiger partial charge >= 0.3 is 0 Å². The first-order valence-corrected chi connectivity index (χ1v) is 16.0. The molecule has 3 aliphatic rings. The summed E-state index contributed by atoms with van der Waals surface area (Å²) in [5, 5.41) is 6.44. The number of piperazine rings is 1. The SMILES string of the molecule is COCCNC(=O)c1nc2c(cc1Cc1ccc(F)cc1)N(C(=O)CN1C[C@@H](C)NC[C@@H]1CN1[C@H](C)COC[C@H]1C)[C@@H](C)CO2. The third-order valence-electron chi connectivity index (χ3n) is 8.93. The molecule has 45 heavy (non-hydrogen) atoms. The van der Waals surface area contributed by atoms with E-state index in [1.165, 1.54) is 12.1 Å². The summed E-state index contributed by atoms with van der Waals surface area (Å²) >= 11 is 0. The van der Waals surface area contributed by atoms with Crippen LogP contribution in [0.2, 0.25) is 0 Å². The van der Waals surface area contributed by atoms with E-state index in [0.29, 0.717) is 56.1 Å². The third-order valence-corrected chi connectivity index (χ3v) is 8.93. The van der Waals surface area contributed by atoms with Crippen LogP contribution in [0.15, 0.2) is 30.3 Å². The summed E-state index contributed by atoms with van der Waals surface area (Å²) in [6.07, 6.45) is 0.331. The molecule has 2 fully saturated rings. The number of halogens is 1. The molecule has 5 rings (SSSR count). The van der Waals surface area contributed by atoms with Gasteiger partial charge in [0.2, 0.25) is 11.8 Å². The summed E-state index contributed by atoms with van der Waals surface area (Å²) < 4.78 is 30.5. The van der Waals surface area contributed by atoms with E-state index < -0.39 is 0 Å². The first-order valence-electron chi connectivity index (χ1n) is 16.0. The Kier molecular flexibility index (Phi) is 11.0. The lowest BCUT2D eigenvalue weighted by Gasteiger charge is -2.46. The van der Waals surface area contributed by atoms with Crippen LogP contribution < -0.4 is 20.3 Å². The lowest BCUT2D eigenvalue weighted by atomic mass is 10.0. The molecule has 1 aromatic carbocycles.